The Balaban J connectivity index is 1.70. The van der Waals surface area contributed by atoms with Crippen molar-refractivity contribution >= 4 is 10.8 Å². The van der Waals surface area contributed by atoms with Gasteiger partial charge in [-0.25, -0.2) is 0 Å². The molecule has 0 fully saturated rings. The van der Waals surface area contributed by atoms with Crippen molar-refractivity contribution in [3.05, 3.63) is 95.6 Å². The summed E-state index contributed by atoms with van der Waals surface area (Å²) in [6.07, 6.45) is 0. The van der Waals surface area contributed by atoms with Gasteiger partial charge in [-0.05, 0) is 30.7 Å². The SMILES string of the molecule is Cc1ccc(CS(=O)Cc2ccccc2Oc2ccccc2)cc1. The van der Waals surface area contributed by atoms with Crippen LogP contribution in [0.4, 0.5) is 0 Å². The summed E-state index contributed by atoms with van der Waals surface area (Å²) in [4.78, 5) is 0. The largest absolute Gasteiger partial charge is 0.457 e. The Hall–Kier alpha value is -2.39. The average Bonchev–Trinajstić information content (AvgIpc) is 2.60. The van der Waals surface area contributed by atoms with Crippen molar-refractivity contribution in [2.75, 3.05) is 0 Å². The first kappa shape index (κ1) is 16.5. The zero-order valence-corrected chi connectivity index (χ0v) is 14.5. The molecule has 3 aromatic carbocycles. The molecule has 0 aliphatic rings. The first-order valence-electron chi connectivity index (χ1n) is 7.92. The lowest BCUT2D eigenvalue weighted by Crippen LogP contribution is -2.01. The molecule has 0 saturated carbocycles. The van der Waals surface area contributed by atoms with E-state index in [0.29, 0.717) is 11.5 Å². The van der Waals surface area contributed by atoms with Crippen molar-refractivity contribution in [2.24, 2.45) is 0 Å². The van der Waals surface area contributed by atoms with Crippen molar-refractivity contribution in [3.8, 4) is 11.5 Å². The third-order valence-electron chi connectivity index (χ3n) is 3.71. The number of ether oxygens (including phenoxy) is 1. The van der Waals surface area contributed by atoms with Gasteiger partial charge >= 0.3 is 0 Å². The molecule has 2 nitrogen and oxygen atoms in total. The van der Waals surface area contributed by atoms with E-state index in [-0.39, 0.29) is 0 Å². The van der Waals surface area contributed by atoms with E-state index < -0.39 is 10.8 Å². The fraction of sp³-hybridized carbons (Fsp3) is 0.143. The lowest BCUT2D eigenvalue weighted by Gasteiger charge is -2.11. The molecule has 1 unspecified atom stereocenters. The molecule has 3 aromatic rings. The number of rotatable bonds is 6. The molecular formula is C21H20O2S. The van der Waals surface area contributed by atoms with E-state index in [1.165, 1.54) is 5.56 Å². The molecule has 3 rings (SSSR count). The minimum Gasteiger partial charge on any atom is -0.457 e. The Labute approximate surface area is 145 Å². The monoisotopic (exact) mass is 336 g/mol. The van der Waals surface area contributed by atoms with E-state index in [9.17, 15) is 4.21 Å². The third kappa shape index (κ3) is 4.56. The molecule has 24 heavy (non-hydrogen) atoms. The fourth-order valence-corrected chi connectivity index (χ4v) is 3.68. The summed E-state index contributed by atoms with van der Waals surface area (Å²) in [6.45, 7) is 2.05. The maximum Gasteiger partial charge on any atom is 0.131 e. The van der Waals surface area contributed by atoms with Crippen molar-refractivity contribution in [3.63, 3.8) is 0 Å². The van der Waals surface area contributed by atoms with Crippen LogP contribution in [0.3, 0.4) is 0 Å². The summed E-state index contributed by atoms with van der Waals surface area (Å²) >= 11 is 0. The lowest BCUT2D eigenvalue weighted by molar-refractivity contribution is 0.478. The maximum atomic E-state index is 12.5. The predicted molar refractivity (Wildman–Crippen MR) is 99.7 cm³/mol. The molecule has 0 N–H and O–H groups in total. The highest BCUT2D eigenvalue weighted by Gasteiger charge is 2.09. The summed E-state index contributed by atoms with van der Waals surface area (Å²) in [5, 5.41) is 0. The second-order valence-electron chi connectivity index (χ2n) is 5.74. The number of aryl methyl sites for hydroxylation is 1. The Morgan fingerprint density at radius 2 is 1.46 bits per heavy atom. The number of benzene rings is 3. The molecule has 0 heterocycles. The van der Waals surface area contributed by atoms with Gasteiger partial charge in [0.1, 0.15) is 11.5 Å². The fourth-order valence-electron chi connectivity index (χ4n) is 2.43. The van der Waals surface area contributed by atoms with E-state index in [0.717, 1.165) is 22.6 Å². The minimum absolute atomic E-state index is 0.483. The standard InChI is InChI=1S/C21H20O2S/c1-17-11-13-18(14-12-17)15-24(22)16-19-7-5-6-10-21(19)23-20-8-3-2-4-9-20/h2-14H,15-16H2,1H3. The number of para-hydroxylation sites is 2. The zero-order valence-electron chi connectivity index (χ0n) is 13.6. The van der Waals surface area contributed by atoms with E-state index in [4.69, 9.17) is 4.74 Å². The van der Waals surface area contributed by atoms with Crippen molar-refractivity contribution in [2.45, 2.75) is 18.4 Å². The smallest absolute Gasteiger partial charge is 0.131 e. The van der Waals surface area contributed by atoms with Gasteiger partial charge in [0.2, 0.25) is 0 Å². The van der Waals surface area contributed by atoms with Crippen molar-refractivity contribution in [1.29, 1.82) is 0 Å². The molecule has 3 heteroatoms. The Kier molecular flexibility index (Phi) is 5.44. The molecule has 0 aliphatic carbocycles. The van der Waals surface area contributed by atoms with E-state index in [1.54, 1.807) is 0 Å². The third-order valence-corrected chi connectivity index (χ3v) is 5.00. The summed E-state index contributed by atoms with van der Waals surface area (Å²) in [7, 11) is -0.977. The summed E-state index contributed by atoms with van der Waals surface area (Å²) < 4.78 is 18.5. The van der Waals surface area contributed by atoms with Crippen LogP contribution in [0, 0.1) is 6.92 Å². The Bertz CT molecular complexity index is 811. The molecule has 0 bridgehead atoms. The molecule has 0 radical (unpaired) electrons. The van der Waals surface area contributed by atoms with Crippen LogP contribution in [0.1, 0.15) is 16.7 Å². The Morgan fingerprint density at radius 1 is 0.792 bits per heavy atom. The summed E-state index contributed by atoms with van der Waals surface area (Å²) in [5.74, 6) is 2.59. The van der Waals surface area contributed by atoms with E-state index in [2.05, 4.69) is 19.1 Å². The molecule has 122 valence electrons. The van der Waals surface area contributed by atoms with Crippen molar-refractivity contribution in [1.82, 2.24) is 0 Å². The lowest BCUT2D eigenvalue weighted by atomic mass is 10.2. The first-order chi connectivity index (χ1) is 11.7. The van der Waals surface area contributed by atoms with Gasteiger partial charge in [-0.1, -0.05) is 66.2 Å². The zero-order chi connectivity index (χ0) is 16.8. The van der Waals surface area contributed by atoms with Crippen LogP contribution in [0.15, 0.2) is 78.9 Å². The quantitative estimate of drug-likeness (QED) is 0.615. The highest BCUT2D eigenvalue weighted by atomic mass is 32.2. The predicted octanol–water partition coefficient (Wildman–Crippen LogP) is 5.24. The van der Waals surface area contributed by atoms with Crippen molar-refractivity contribution < 1.29 is 8.95 Å². The molecule has 0 aromatic heterocycles. The maximum absolute atomic E-state index is 12.5. The second-order valence-corrected chi connectivity index (χ2v) is 7.19. The number of hydrogen-bond donors (Lipinski definition) is 0. The average molecular weight is 336 g/mol. The van der Waals surface area contributed by atoms with Gasteiger partial charge in [-0.15, -0.1) is 0 Å². The molecule has 1 atom stereocenters. The van der Waals surface area contributed by atoms with Crippen LogP contribution in [-0.2, 0) is 22.3 Å². The highest BCUT2D eigenvalue weighted by molar-refractivity contribution is 7.83. The van der Waals surface area contributed by atoms with Crippen LogP contribution >= 0.6 is 0 Å². The molecular weight excluding hydrogens is 316 g/mol. The molecule has 0 aliphatic heterocycles. The van der Waals surface area contributed by atoms with Crippen LogP contribution in [0.2, 0.25) is 0 Å². The van der Waals surface area contributed by atoms with Crippen LogP contribution in [0.25, 0.3) is 0 Å². The Morgan fingerprint density at radius 3 is 2.21 bits per heavy atom. The van der Waals surface area contributed by atoms with Gasteiger partial charge in [-0.3, -0.25) is 4.21 Å². The van der Waals surface area contributed by atoms with Gasteiger partial charge in [0.25, 0.3) is 0 Å². The molecule has 0 amide bonds. The van der Waals surface area contributed by atoms with Gasteiger partial charge in [0.15, 0.2) is 0 Å². The van der Waals surface area contributed by atoms with Crippen LogP contribution in [-0.4, -0.2) is 4.21 Å². The second kappa shape index (κ2) is 7.93. The normalized spacial score (nSPS) is 11.9. The van der Waals surface area contributed by atoms with Crippen LogP contribution < -0.4 is 4.74 Å². The van der Waals surface area contributed by atoms with Gasteiger partial charge in [0, 0.05) is 22.1 Å². The molecule has 0 spiro atoms. The van der Waals surface area contributed by atoms with Gasteiger partial charge in [0.05, 0.1) is 5.75 Å². The molecule has 0 saturated heterocycles. The number of hydrogen-bond acceptors (Lipinski definition) is 2. The van der Waals surface area contributed by atoms with Crippen LogP contribution in [0.5, 0.6) is 11.5 Å². The topological polar surface area (TPSA) is 26.3 Å². The van der Waals surface area contributed by atoms with E-state index in [1.807, 2.05) is 66.7 Å². The highest BCUT2D eigenvalue weighted by Crippen LogP contribution is 2.26. The van der Waals surface area contributed by atoms with Gasteiger partial charge < -0.3 is 4.74 Å². The summed E-state index contributed by atoms with van der Waals surface area (Å²) in [6, 6.07) is 25.6. The summed E-state index contributed by atoms with van der Waals surface area (Å²) in [5.41, 5.74) is 3.28. The van der Waals surface area contributed by atoms with Gasteiger partial charge in [-0.2, -0.15) is 0 Å². The minimum atomic E-state index is -0.977. The first-order valence-corrected chi connectivity index (χ1v) is 9.41. The van der Waals surface area contributed by atoms with E-state index >= 15 is 0 Å².